The highest BCUT2D eigenvalue weighted by Gasteiger charge is 2.13. The van der Waals surface area contributed by atoms with Gasteiger partial charge in [0.15, 0.2) is 0 Å². The van der Waals surface area contributed by atoms with E-state index in [0.717, 1.165) is 0 Å². The molecule has 0 atom stereocenters. The molecule has 19 heavy (non-hydrogen) atoms. The van der Waals surface area contributed by atoms with Crippen molar-refractivity contribution < 1.29 is 14.3 Å². The van der Waals surface area contributed by atoms with E-state index in [-0.39, 0.29) is 22.7 Å². The average molecular weight is 372 g/mol. The van der Waals surface area contributed by atoms with Crippen LogP contribution in [-0.4, -0.2) is 11.0 Å². The Balaban J connectivity index is 2.28. The van der Waals surface area contributed by atoms with Gasteiger partial charge >= 0.3 is 0 Å². The van der Waals surface area contributed by atoms with Crippen LogP contribution in [-0.2, 0) is 0 Å². The molecule has 4 N–H and O–H groups in total. The number of phenols is 1. The number of anilines is 2. The molecule has 0 aromatic heterocycles. The zero-order valence-corrected chi connectivity index (χ0v) is 11.8. The third-order valence-corrected chi connectivity index (χ3v) is 3.40. The highest BCUT2D eigenvalue weighted by molar-refractivity contribution is 14.1. The van der Waals surface area contributed by atoms with Crippen LogP contribution in [0.15, 0.2) is 36.4 Å². The monoisotopic (exact) mass is 372 g/mol. The van der Waals surface area contributed by atoms with Gasteiger partial charge in [-0.1, -0.05) is 6.07 Å². The predicted octanol–water partition coefficient (Wildman–Crippen LogP) is 2.97. The van der Waals surface area contributed by atoms with E-state index in [0.29, 0.717) is 3.57 Å². The van der Waals surface area contributed by atoms with Crippen LogP contribution in [0.2, 0.25) is 0 Å². The van der Waals surface area contributed by atoms with Crippen molar-refractivity contribution in [3.05, 3.63) is 51.3 Å². The minimum atomic E-state index is -0.608. The Labute approximate surface area is 122 Å². The zero-order valence-electron chi connectivity index (χ0n) is 9.65. The van der Waals surface area contributed by atoms with Crippen molar-refractivity contribution in [3.8, 4) is 5.75 Å². The lowest BCUT2D eigenvalue weighted by atomic mass is 10.2. The molecule has 2 aromatic rings. The fraction of sp³-hybridized carbons (Fsp3) is 0. The standard InChI is InChI=1S/C13H10FIN2O2/c14-8-2-1-3-10(16)12(8)17-13(19)7-4-5-9(15)11(18)6-7/h1-6,18H,16H2,(H,17,19). The van der Waals surface area contributed by atoms with Crippen LogP contribution in [0.1, 0.15) is 10.4 Å². The number of nitrogens with two attached hydrogens (primary N) is 1. The van der Waals surface area contributed by atoms with Gasteiger partial charge in [0.25, 0.3) is 5.91 Å². The summed E-state index contributed by atoms with van der Waals surface area (Å²) in [6, 6.07) is 8.59. The van der Waals surface area contributed by atoms with E-state index in [1.807, 2.05) is 22.6 Å². The van der Waals surface area contributed by atoms with Crippen LogP contribution in [0, 0.1) is 9.39 Å². The molecular formula is C13H10FIN2O2. The van der Waals surface area contributed by atoms with Crippen molar-refractivity contribution in [3.63, 3.8) is 0 Å². The Morgan fingerprint density at radius 3 is 2.68 bits per heavy atom. The first-order valence-electron chi connectivity index (χ1n) is 5.33. The number of hydrogen-bond donors (Lipinski definition) is 3. The minimum Gasteiger partial charge on any atom is -0.507 e. The molecule has 0 saturated heterocycles. The topological polar surface area (TPSA) is 75.3 Å². The normalized spacial score (nSPS) is 10.2. The summed E-state index contributed by atoms with van der Waals surface area (Å²) in [5.74, 6) is -1.15. The van der Waals surface area contributed by atoms with E-state index in [1.54, 1.807) is 6.07 Å². The number of hydrogen-bond acceptors (Lipinski definition) is 3. The molecule has 2 rings (SSSR count). The first-order chi connectivity index (χ1) is 8.99. The number of phenolic OH excluding ortho intramolecular Hbond substituents is 1. The molecule has 0 saturated carbocycles. The van der Waals surface area contributed by atoms with E-state index < -0.39 is 11.7 Å². The number of halogens is 2. The number of aromatic hydroxyl groups is 1. The van der Waals surface area contributed by atoms with Gasteiger partial charge in [-0.25, -0.2) is 4.39 Å². The van der Waals surface area contributed by atoms with Gasteiger partial charge in [0, 0.05) is 5.56 Å². The summed E-state index contributed by atoms with van der Waals surface area (Å²) >= 11 is 1.94. The summed E-state index contributed by atoms with van der Waals surface area (Å²) in [7, 11) is 0. The summed E-state index contributed by atoms with van der Waals surface area (Å²) in [4.78, 5) is 11.9. The second-order valence-corrected chi connectivity index (χ2v) is 4.99. The van der Waals surface area contributed by atoms with Gasteiger partial charge in [-0.2, -0.15) is 0 Å². The summed E-state index contributed by atoms with van der Waals surface area (Å²) in [5.41, 5.74) is 5.90. The SMILES string of the molecule is Nc1cccc(F)c1NC(=O)c1ccc(I)c(O)c1. The second-order valence-electron chi connectivity index (χ2n) is 3.82. The van der Waals surface area contributed by atoms with Crippen LogP contribution in [0.4, 0.5) is 15.8 Å². The molecule has 0 fully saturated rings. The Kier molecular flexibility index (Phi) is 3.89. The molecule has 0 aliphatic carbocycles. The van der Waals surface area contributed by atoms with Crippen molar-refractivity contribution >= 4 is 39.9 Å². The lowest BCUT2D eigenvalue weighted by Crippen LogP contribution is -2.14. The Bertz CT molecular complexity index is 626. The van der Waals surface area contributed by atoms with Gasteiger partial charge in [0.2, 0.25) is 0 Å². The molecule has 0 bridgehead atoms. The van der Waals surface area contributed by atoms with Crippen LogP contribution in [0.3, 0.4) is 0 Å². The molecular weight excluding hydrogens is 362 g/mol. The van der Waals surface area contributed by atoms with Gasteiger partial charge in [-0.3, -0.25) is 4.79 Å². The zero-order chi connectivity index (χ0) is 14.0. The van der Waals surface area contributed by atoms with Crippen LogP contribution >= 0.6 is 22.6 Å². The fourth-order valence-corrected chi connectivity index (χ4v) is 1.85. The first-order valence-corrected chi connectivity index (χ1v) is 6.41. The number of carbonyl (C=O) groups is 1. The van der Waals surface area contributed by atoms with Crippen molar-refractivity contribution in [2.45, 2.75) is 0 Å². The highest BCUT2D eigenvalue weighted by atomic mass is 127. The van der Waals surface area contributed by atoms with Gasteiger partial charge in [0.05, 0.1) is 9.26 Å². The molecule has 0 spiro atoms. The Morgan fingerprint density at radius 2 is 2.05 bits per heavy atom. The quantitative estimate of drug-likeness (QED) is 0.561. The Morgan fingerprint density at radius 1 is 1.32 bits per heavy atom. The number of amides is 1. The minimum absolute atomic E-state index is 0.00486. The van der Waals surface area contributed by atoms with E-state index in [1.165, 1.54) is 30.3 Å². The maximum absolute atomic E-state index is 13.5. The molecule has 0 unspecified atom stereocenters. The van der Waals surface area contributed by atoms with Crippen LogP contribution in [0.25, 0.3) is 0 Å². The smallest absolute Gasteiger partial charge is 0.255 e. The molecule has 2 aromatic carbocycles. The Hall–Kier alpha value is -1.83. The van der Waals surface area contributed by atoms with Crippen molar-refractivity contribution in [1.29, 1.82) is 0 Å². The maximum atomic E-state index is 13.5. The van der Waals surface area contributed by atoms with Crippen molar-refractivity contribution in [2.75, 3.05) is 11.1 Å². The number of para-hydroxylation sites is 1. The largest absolute Gasteiger partial charge is 0.507 e. The predicted molar refractivity (Wildman–Crippen MR) is 79.6 cm³/mol. The molecule has 0 radical (unpaired) electrons. The fourth-order valence-electron chi connectivity index (χ4n) is 1.51. The van der Waals surface area contributed by atoms with Gasteiger partial charge in [0.1, 0.15) is 17.3 Å². The number of nitrogens with one attached hydrogen (secondary N) is 1. The van der Waals surface area contributed by atoms with E-state index in [9.17, 15) is 14.3 Å². The first kappa shape index (κ1) is 13.6. The summed E-state index contributed by atoms with van der Waals surface area (Å²) in [5, 5.41) is 11.9. The second kappa shape index (κ2) is 5.43. The number of carbonyl (C=O) groups excluding carboxylic acids is 1. The summed E-state index contributed by atoms with van der Waals surface area (Å²) in [6.45, 7) is 0. The summed E-state index contributed by atoms with van der Waals surface area (Å²) < 4.78 is 14.1. The molecule has 0 aliphatic heterocycles. The van der Waals surface area contributed by atoms with E-state index in [2.05, 4.69) is 5.32 Å². The molecule has 98 valence electrons. The molecule has 0 heterocycles. The average Bonchev–Trinajstić information content (AvgIpc) is 2.37. The van der Waals surface area contributed by atoms with Crippen LogP contribution < -0.4 is 11.1 Å². The highest BCUT2D eigenvalue weighted by Crippen LogP contribution is 2.24. The van der Waals surface area contributed by atoms with Crippen molar-refractivity contribution in [1.82, 2.24) is 0 Å². The number of nitrogen functional groups attached to an aromatic ring is 1. The van der Waals surface area contributed by atoms with Crippen LogP contribution in [0.5, 0.6) is 5.75 Å². The van der Waals surface area contributed by atoms with E-state index >= 15 is 0 Å². The summed E-state index contributed by atoms with van der Waals surface area (Å²) in [6.07, 6.45) is 0. The lowest BCUT2D eigenvalue weighted by Gasteiger charge is -2.09. The third-order valence-electron chi connectivity index (χ3n) is 2.49. The molecule has 0 aliphatic rings. The van der Waals surface area contributed by atoms with Gasteiger partial charge in [-0.15, -0.1) is 0 Å². The van der Waals surface area contributed by atoms with Gasteiger partial charge < -0.3 is 16.2 Å². The third kappa shape index (κ3) is 2.95. The maximum Gasteiger partial charge on any atom is 0.255 e. The molecule has 1 amide bonds. The lowest BCUT2D eigenvalue weighted by molar-refractivity contribution is 0.102. The number of benzene rings is 2. The molecule has 4 nitrogen and oxygen atoms in total. The van der Waals surface area contributed by atoms with Gasteiger partial charge in [-0.05, 0) is 52.9 Å². The number of rotatable bonds is 2. The van der Waals surface area contributed by atoms with Crippen molar-refractivity contribution in [2.24, 2.45) is 0 Å². The van der Waals surface area contributed by atoms with E-state index in [4.69, 9.17) is 5.73 Å². The molecule has 6 heteroatoms.